The number of phosphoric acid groups is 1. The normalized spacial score (nSPS) is 13.9. The summed E-state index contributed by atoms with van der Waals surface area (Å²) in [5.41, 5.74) is 0. The Bertz CT molecular complexity index is 1490. The van der Waals surface area contributed by atoms with Gasteiger partial charge in [-0.25, -0.2) is 4.57 Å². The number of carbonyl (C=O) groups excluding carboxylic acids is 3. The van der Waals surface area contributed by atoms with Gasteiger partial charge >= 0.3 is 25.7 Å². The third-order valence-electron chi connectivity index (χ3n) is 12.1. The Balaban J connectivity index is 4.74. The van der Waals surface area contributed by atoms with E-state index in [2.05, 4.69) is 93.7 Å². The monoisotopic (exact) mass is 1030 g/mol. The minimum Gasteiger partial charge on any atom is -0.462 e. The van der Waals surface area contributed by atoms with Crippen molar-refractivity contribution >= 4 is 25.7 Å². The van der Waals surface area contributed by atoms with E-state index in [0.29, 0.717) is 19.3 Å². The first-order chi connectivity index (χ1) is 35.2. The summed E-state index contributed by atoms with van der Waals surface area (Å²) in [7, 11) is -4.75. The van der Waals surface area contributed by atoms with Crippen LogP contribution in [-0.2, 0) is 42.2 Å². The lowest BCUT2D eigenvalue weighted by molar-refractivity contribution is -0.161. The number of ether oxygens (including phenoxy) is 3. The number of aliphatic hydroxyl groups is 1. The van der Waals surface area contributed by atoms with Crippen LogP contribution in [0.1, 0.15) is 252 Å². The molecule has 11 nitrogen and oxygen atoms in total. The fourth-order valence-electron chi connectivity index (χ4n) is 7.68. The van der Waals surface area contributed by atoms with Gasteiger partial charge in [0.1, 0.15) is 12.7 Å². The molecule has 0 rings (SSSR count). The zero-order valence-electron chi connectivity index (χ0n) is 45.9. The van der Waals surface area contributed by atoms with Crippen molar-refractivity contribution in [3.8, 4) is 0 Å². The predicted octanol–water partition coefficient (Wildman–Crippen LogP) is 16.9. The molecule has 0 spiro atoms. The second-order valence-corrected chi connectivity index (χ2v) is 20.5. The molecule has 3 atom stereocenters. The Kier molecular flexibility index (Phi) is 51.9. The quantitative estimate of drug-likeness (QED) is 0.0197. The summed E-state index contributed by atoms with van der Waals surface area (Å²) in [4.78, 5) is 48.5. The molecule has 0 aromatic rings. The van der Waals surface area contributed by atoms with E-state index in [1.54, 1.807) is 0 Å². The van der Waals surface area contributed by atoms with Crippen molar-refractivity contribution in [2.24, 2.45) is 0 Å². The summed E-state index contributed by atoms with van der Waals surface area (Å²) in [5.74, 6) is -1.50. The van der Waals surface area contributed by atoms with Gasteiger partial charge in [0.2, 0.25) is 0 Å². The second kappa shape index (κ2) is 54.2. The zero-order valence-corrected chi connectivity index (χ0v) is 46.8. The number of rotatable bonds is 53. The van der Waals surface area contributed by atoms with Crippen LogP contribution in [0.15, 0.2) is 72.9 Å². The number of hydrogen-bond donors (Lipinski definition) is 2. The van der Waals surface area contributed by atoms with Gasteiger partial charge in [0.05, 0.1) is 19.8 Å². The van der Waals surface area contributed by atoms with Crippen molar-refractivity contribution in [1.82, 2.24) is 0 Å². The average molecular weight is 1030 g/mol. The number of aliphatic hydroxyl groups excluding tert-OH is 1. The van der Waals surface area contributed by atoms with Crippen molar-refractivity contribution in [3.63, 3.8) is 0 Å². The van der Waals surface area contributed by atoms with Crippen LogP contribution < -0.4 is 0 Å². The number of allylic oxidation sites excluding steroid dienone is 12. The highest BCUT2D eigenvalue weighted by molar-refractivity contribution is 7.47. The van der Waals surface area contributed by atoms with Gasteiger partial charge in [0, 0.05) is 19.3 Å². The zero-order chi connectivity index (χ0) is 52.7. The predicted molar refractivity (Wildman–Crippen MR) is 298 cm³/mol. The van der Waals surface area contributed by atoms with Crippen molar-refractivity contribution in [2.45, 2.75) is 264 Å². The Morgan fingerprint density at radius 1 is 0.403 bits per heavy atom. The fraction of sp³-hybridized carbons (Fsp3) is 0.750. The Hall–Kier alpha value is -3.08. The van der Waals surface area contributed by atoms with Crippen LogP contribution in [0.5, 0.6) is 0 Å². The van der Waals surface area contributed by atoms with Gasteiger partial charge in [-0.2, -0.15) is 0 Å². The van der Waals surface area contributed by atoms with E-state index in [1.165, 1.54) is 70.6 Å². The third kappa shape index (κ3) is 51.8. The summed E-state index contributed by atoms with van der Waals surface area (Å²) >= 11 is 0. The van der Waals surface area contributed by atoms with Crippen molar-refractivity contribution in [3.05, 3.63) is 72.9 Å². The van der Waals surface area contributed by atoms with Gasteiger partial charge in [-0.15, -0.1) is 0 Å². The van der Waals surface area contributed by atoms with E-state index in [0.717, 1.165) is 122 Å². The molecule has 0 saturated carbocycles. The molecule has 72 heavy (non-hydrogen) atoms. The summed E-state index contributed by atoms with van der Waals surface area (Å²) in [6, 6.07) is 0. The summed E-state index contributed by atoms with van der Waals surface area (Å²) in [6.45, 7) is 4.44. The molecule has 0 amide bonds. The van der Waals surface area contributed by atoms with Crippen LogP contribution in [0, 0.1) is 0 Å². The molecule has 0 bridgehead atoms. The molecular weight excluding hydrogens is 928 g/mol. The molecule has 0 radical (unpaired) electrons. The van der Waals surface area contributed by atoms with Crippen LogP contribution in [-0.4, -0.2) is 66.5 Å². The number of carbonyl (C=O) groups is 3. The molecule has 416 valence electrons. The number of hydrogen-bond acceptors (Lipinski definition) is 10. The van der Waals surface area contributed by atoms with Crippen LogP contribution in [0.3, 0.4) is 0 Å². The molecular formula is C60H105O11P. The largest absolute Gasteiger partial charge is 0.472 e. The lowest BCUT2D eigenvalue weighted by atomic mass is 10.1. The van der Waals surface area contributed by atoms with Crippen LogP contribution in [0.4, 0.5) is 0 Å². The maximum Gasteiger partial charge on any atom is 0.472 e. The van der Waals surface area contributed by atoms with Crippen LogP contribution in [0.2, 0.25) is 0 Å². The molecule has 0 saturated heterocycles. The highest BCUT2D eigenvalue weighted by Crippen LogP contribution is 2.43. The minimum atomic E-state index is -4.75. The number of esters is 3. The molecule has 0 fully saturated rings. The van der Waals surface area contributed by atoms with E-state index in [4.69, 9.17) is 23.3 Å². The molecule has 0 aliphatic rings. The number of phosphoric ester groups is 1. The lowest BCUT2D eigenvalue weighted by Gasteiger charge is -2.21. The number of unbranched alkanes of at least 4 members (excludes halogenated alkanes) is 24. The summed E-state index contributed by atoms with van der Waals surface area (Å²) < 4.78 is 39.5. The first-order valence-corrected chi connectivity index (χ1v) is 30.3. The van der Waals surface area contributed by atoms with E-state index in [1.807, 2.05) is 0 Å². The van der Waals surface area contributed by atoms with Gasteiger partial charge in [0.15, 0.2) is 6.10 Å². The molecule has 0 heterocycles. The van der Waals surface area contributed by atoms with E-state index in [-0.39, 0.29) is 25.9 Å². The Labute approximate surface area is 439 Å². The molecule has 0 aromatic carbocycles. The molecule has 2 N–H and O–H groups in total. The van der Waals surface area contributed by atoms with Crippen LogP contribution >= 0.6 is 7.82 Å². The van der Waals surface area contributed by atoms with Crippen molar-refractivity contribution < 1.29 is 52.2 Å². The van der Waals surface area contributed by atoms with Gasteiger partial charge in [-0.05, 0) is 103 Å². The third-order valence-corrected chi connectivity index (χ3v) is 13.0. The summed E-state index contributed by atoms with van der Waals surface area (Å²) in [5, 5.41) is 9.79. The maximum atomic E-state index is 12.9. The Morgan fingerprint density at radius 3 is 1.17 bits per heavy atom. The van der Waals surface area contributed by atoms with Crippen molar-refractivity contribution in [1.29, 1.82) is 0 Å². The van der Waals surface area contributed by atoms with E-state index in [9.17, 15) is 28.9 Å². The molecule has 12 heteroatoms. The van der Waals surface area contributed by atoms with E-state index < -0.39 is 57.8 Å². The van der Waals surface area contributed by atoms with Gasteiger partial charge in [0.25, 0.3) is 0 Å². The van der Waals surface area contributed by atoms with Gasteiger partial charge in [-0.3, -0.25) is 23.4 Å². The van der Waals surface area contributed by atoms with Gasteiger partial charge in [-0.1, -0.05) is 203 Å². The van der Waals surface area contributed by atoms with Crippen LogP contribution in [0.25, 0.3) is 0 Å². The first-order valence-electron chi connectivity index (χ1n) is 28.8. The molecule has 3 unspecified atom stereocenters. The topological polar surface area (TPSA) is 155 Å². The SMILES string of the molecule is CC/C=C\C/C=C\C/C=C\CCCCCCCC(=O)OC(COC(=O)CCCCCCCCCCC/C=C\C/C=C\CCCCC)COP(=O)(O)OCC(CO)OC(=O)CCCCCCC/C=C\CCCC. The second-order valence-electron chi connectivity index (χ2n) is 19.1. The fourth-order valence-corrected chi connectivity index (χ4v) is 8.46. The minimum absolute atomic E-state index is 0.145. The standard InChI is InChI=1S/C60H105O11P/c1-4-7-10-13-16-19-22-24-26-27-28-29-31-32-35-37-40-43-46-49-58(62)67-53-57(71-60(64)51-48-45-42-39-36-33-30-25-23-20-17-14-11-8-5-2)55-69-72(65,66)68-54-56(52-61)70-59(63)50-47-44-41-38-34-21-18-15-12-9-6-3/h8,11,15-20,24-26,30,56-57,61H,4-7,9-10,12-14,21-23,27-29,31-55H2,1-3H3,(H,65,66)/b11-8-,18-15-,19-16-,20-17-,26-24-,30-25-. The Morgan fingerprint density at radius 2 is 0.736 bits per heavy atom. The van der Waals surface area contributed by atoms with E-state index >= 15 is 0 Å². The highest BCUT2D eigenvalue weighted by atomic mass is 31.2. The summed E-state index contributed by atoms with van der Waals surface area (Å²) in [6.07, 6.45) is 60.0. The maximum absolute atomic E-state index is 12.9. The molecule has 0 aliphatic carbocycles. The lowest BCUT2D eigenvalue weighted by Crippen LogP contribution is -2.30. The molecule has 0 aliphatic heterocycles. The van der Waals surface area contributed by atoms with Crippen molar-refractivity contribution in [2.75, 3.05) is 26.4 Å². The smallest absolute Gasteiger partial charge is 0.462 e. The first kappa shape index (κ1) is 68.9. The van der Waals surface area contributed by atoms with Gasteiger partial charge < -0.3 is 24.2 Å². The highest BCUT2D eigenvalue weighted by Gasteiger charge is 2.28. The average Bonchev–Trinajstić information content (AvgIpc) is 3.37. The molecule has 0 aromatic heterocycles.